The summed E-state index contributed by atoms with van der Waals surface area (Å²) in [6.45, 7) is 4.74. The highest BCUT2D eigenvalue weighted by Crippen LogP contribution is 2.12. The van der Waals surface area contributed by atoms with Crippen molar-refractivity contribution in [2.45, 2.75) is 33.3 Å². The van der Waals surface area contributed by atoms with E-state index in [1.165, 1.54) is 12.1 Å². The molecular formula is C14H18O6. The van der Waals surface area contributed by atoms with Crippen molar-refractivity contribution in [2.24, 2.45) is 0 Å². The molecule has 0 spiro atoms. The third-order valence-corrected chi connectivity index (χ3v) is 2.26. The van der Waals surface area contributed by atoms with Crippen molar-refractivity contribution in [3.05, 3.63) is 35.4 Å². The second-order valence-corrected chi connectivity index (χ2v) is 3.99. The van der Waals surface area contributed by atoms with Crippen LogP contribution in [-0.2, 0) is 9.53 Å². The first-order valence-electron chi connectivity index (χ1n) is 6.02. The Morgan fingerprint density at radius 1 is 1.15 bits per heavy atom. The van der Waals surface area contributed by atoms with Crippen molar-refractivity contribution < 1.29 is 29.3 Å². The zero-order chi connectivity index (χ0) is 15.7. The molecular weight excluding hydrogens is 264 g/mol. The monoisotopic (exact) mass is 282 g/mol. The van der Waals surface area contributed by atoms with Crippen LogP contribution in [0.4, 0.5) is 0 Å². The molecule has 1 aromatic rings. The van der Waals surface area contributed by atoms with E-state index in [-0.39, 0.29) is 17.2 Å². The molecule has 0 aromatic heterocycles. The number of carbonyl (C=O) groups is 3. The quantitative estimate of drug-likeness (QED) is 0.822. The minimum Gasteiger partial charge on any atom is -0.481 e. The van der Waals surface area contributed by atoms with E-state index >= 15 is 0 Å². The van der Waals surface area contributed by atoms with Crippen molar-refractivity contribution in [3.8, 4) is 0 Å². The predicted molar refractivity (Wildman–Crippen MR) is 71.9 cm³/mol. The van der Waals surface area contributed by atoms with Crippen LogP contribution in [0.25, 0.3) is 0 Å². The summed E-state index contributed by atoms with van der Waals surface area (Å²) in [7, 11) is 0. The van der Waals surface area contributed by atoms with Gasteiger partial charge in [-0.3, -0.25) is 4.79 Å². The molecule has 0 radical (unpaired) electrons. The molecule has 0 aliphatic rings. The molecule has 0 aliphatic carbocycles. The normalized spacial score (nSPS) is 10.8. The largest absolute Gasteiger partial charge is 0.481 e. The van der Waals surface area contributed by atoms with Gasteiger partial charge in [-0.15, -0.1) is 0 Å². The number of aliphatic carboxylic acids is 1. The first kappa shape index (κ1) is 17.6. The highest BCUT2D eigenvalue weighted by molar-refractivity contribution is 6.02. The minimum absolute atomic E-state index is 0.0317. The lowest BCUT2D eigenvalue weighted by Gasteiger charge is -2.11. The summed E-state index contributed by atoms with van der Waals surface area (Å²) in [4.78, 5) is 31.5. The summed E-state index contributed by atoms with van der Waals surface area (Å²) in [5.41, 5.74) is 0.0612. The fourth-order valence-corrected chi connectivity index (χ4v) is 1.18. The predicted octanol–water partition coefficient (Wildman–Crippen LogP) is 2.43. The van der Waals surface area contributed by atoms with Crippen molar-refractivity contribution in [1.82, 2.24) is 0 Å². The average Bonchev–Trinajstić information content (AvgIpc) is 2.37. The van der Waals surface area contributed by atoms with Gasteiger partial charge >= 0.3 is 11.9 Å². The second kappa shape index (κ2) is 8.68. The molecule has 2 N–H and O–H groups in total. The van der Waals surface area contributed by atoms with Crippen LogP contribution in [0.1, 0.15) is 47.9 Å². The Balaban J connectivity index is 0.000000796. The van der Waals surface area contributed by atoms with Crippen LogP contribution >= 0.6 is 0 Å². The zero-order valence-corrected chi connectivity index (χ0v) is 11.6. The number of rotatable bonds is 4. The standard InChI is InChI=1S/C12H14O4.C2H4O2/c1-3-8(2)16-12(15)10-7-5-4-6-9(10)11(13)14;1-2(3)4/h4-8H,3H2,1-2H3,(H,13,14);1H3,(H,3,4). The summed E-state index contributed by atoms with van der Waals surface area (Å²) < 4.78 is 5.07. The molecule has 1 aromatic carbocycles. The molecule has 1 unspecified atom stereocenters. The van der Waals surface area contributed by atoms with Gasteiger partial charge in [-0.25, -0.2) is 9.59 Å². The van der Waals surface area contributed by atoms with Crippen molar-refractivity contribution in [3.63, 3.8) is 0 Å². The number of carboxylic acid groups (broad SMARTS) is 2. The smallest absolute Gasteiger partial charge is 0.339 e. The van der Waals surface area contributed by atoms with Crippen LogP contribution in [0.3, 0.4) is 0 Å². The van der Waals surface area contributed by atoms with Gasteiger partial charge in [0.2, 0.25) is 0 Å². The first-order valence-corrected chi connectivity index (χ1v) is 6.02. The maximum Gasteiger partial charge on any atom is 0.339 e. The molecule has 0 bridgehead atoms. The molecule has 0 heterocycles. The average molecular weight is 282 g/mol. The van der Waals surface area contributed by atoms with Crippen LogP contribution in [0.5, 0.6) is 0 Å². The van der Waals surface area contributed by atoms with Gasteiger partial charge in [-0.05, 0) is 25.5 Å². The van der Waals surface area contributed by atoms with Gasteiger partial charge in [-0.2, -0.15) is 0 Å². The lowest BCUT2D eigenvalue weighted by atomic mass is 10.1. The van der Waals surface area contributed by atoms with Crippen LogP contribution in [0.2, 0.25) is 0 Å². The zero-order valence-electron chi connectivity index (χ0n) is 11.6. The van der Waals surface area contributed by atoms with Gasteiger partial charge in [0.1, 0.15) is 0 Å². The first-order chi connectivity index (χ1) is 9.29. The van der Waals surface area contributed by atoms with Gasteiger partial charge in [0.15, 0.2) is 0 Å². The lowest BCUT2D eigenvalue weighted by Crippen LogP contribution is -2.17. The van der Waals surface area contributed by atoms with Gasteiger partial charge < -0.3 is 14.9 Å². The van der Waals surface area contributed by atoms with Gasteiger partial charge in [0, 0.05) is 6.92 Å². The molecule has 20 heavy (non-hydrogen) atoms. The summed E-state index contributed by atoms with van der Waals surface area (Å²) in [5.74, 6) is -2.55. The van der Waals surface area contributed by atoms with Crippen LogP contribution in [0, 0.1) is 0 Å². The van der Waals surface area contributed by atoms with E-state index in [2.05, 4.69) is 0 Å². The molecule has 0 fully saturated rings. The minimum atomic E-state index is -1.13. The highest BCUT2D eigenvalue weighted by Gasteiger charge is 2.18. The molecule has 0 amide bonds. The summed E-state index contributed by atoms with van der Waals surface area (Å²) in [5, 5.41) is 16.3. The van der Waals surface area contributed by atoms with Crippen LogP contribution in [-0.4, -0.2) is 34.2 Å². The van der Waals surface area contributed by atoms with E-state index in [9.17, 15) is 9.59 Å². The molecule has 1 atom stereocenters. The molecule has 6 nitrogen and oxygen atoms in total. The third-order valence-electron chi connectivity index (χ3n) is 2.26. The van der Waals surface area contributed by atoms with Crippen LogP contribution < -0.4 is 0 Å². The number of benzene rings is 1. The Morgan fingerprint density at radius 3 is 2.00 bits per heavy atom. The van der Waals surface area contributed by atoms with E-state index in [1.807, 2.05) is 6.92 Å². The number of ether oxygens (including phenoxy) is 1. The van der Waals surface area contributed by atoms with E-state index in [1.54, 1.807) is 19.1 Å². The Morgan fingerprint density at radius 2 is 1.60 bits per heavy atom. The second-order valence-electron chi connectivity index (χ2n) is 3.99. The Labute approximate surface area is 117 Å². The number of carbonyl (C=O) groups excluding carboxylic acids is 1. The number of carboxylic acids is 2. The molecule has 6 heteroatoms. The number of hydrogen-bond donors (Lipinski definition) is 2. The van der Waals surface area contributed by atoms with E-state index in [4.69, 9.17) is 19.7 Å². The fourth-order valence-electron chi connectivity index (χ4n) is 1.18. The molecule has 0 saturated carbocycles. The Kier molecular flexibility index (Phi) is 7.65. The number of hydrogen-bond acceptors (Lipinski definition) is 4. The number of aromatic carboxylic acids is 1. The lowest BCUT2D eigenvalue weighted by molar-refractivity contribution is -0.134. The Hall–Kier alpha value is -2.37. The fraction of sp³-hybridized carbons (Fsp3) is 0.357. The molecule has 0 saturated heterocycles. The van der Waals surface area contributed by atoms with Gasteiger partial charge in [0.05, 0.1) is 17.2 Å². The van der Waals surface area contributed by atoms with Crippen molar-refractivity contribution >= 4 is 17.9 Å². The summed E-state index contributed by atoms with van der Waals surface area (Å²) in [6.07, 6.45) is 0.482. The maximum atomic E-state index is 11.7. The van der Waals surface area contributed by atoms with Crippen molar-refractivity contribution in [2.75, 3.05) is 0 Å². The SMILES string of the molecule is CC(=O)O.CCC(C)OC(=O)c1ccccc1C(=O)O. The summed E-state index contributed by atoms with van der Waals surface area (Å²) in [6, 6.07) is 6.02. The van der Waals surface area contributed by atoms with Gasteiger partial charge in [-0.1, -0.05) is 19.1 Å². The molecule has 1 rings (SSSR count). The topological polar surface area (TPSA) is 101 Å². The van der Waals surface area contributed by atoms with Gasteiger partial charge in [0.25, 0.3) is 5.97 Å². The summed E-state index contributed by atoms with van der Waals surface area (Å²) >= 11 is 0. The maximum absolute atomic E-state index is 11.7. The Bertz CT molecular complexity index is 476. The third kappa shape index (κ3) is 6.53. The molecule has 0 aliphatic heterocycles. The van der Waals surface area contributed by atoms with E-state index in [0.29, 0.717) is 6.42 Å². The molecule has 110 valence electrons. The highest BCUT2D eigenvalue weighted by atomic mass is 16.5. The van der Waals surface area contributed by atoms with Crippen molar-refractivity contribution in [1.29, 1.82) is 0 Å². The van der Waals surface area contributed by atoms with Crippen LogP contribution in [0.15, 0.2) is 24.3 Å². The van der Waals surface area contributed by atoms with E-state index < -0.39 is 17.9 Å². The number of esters is 1. The van der Waals surface area contributed by atoms with E-state index in [0.717, 1.165) is 6.92 Å².